The minimum absolute atomic E-state index is 0.124. The molecular weight excluding hydrogens is 336 g/mol. The van der Waals surface area contributed by atoms with Crippen LogP contribution in [-0.2, 0) is 24.2 Å². The molecule has 0 bridgehead atoms. The number of carbonyl (C=O) groups excluding carboxylic acids is 1. The van der Waals surface area contributed by atoms with Gasteiger partial charge in [-0.15, -0.1) is 0 Å². The van der Waals surface area contributed by atoms with Crippen LogP contribution >= 0.6 is 0 Å². The smallest absolute Gasteiger partial charge is 0.237 e. The molecule has 0 unspecified atom stereocenters. The Morgan fingerprint density at radius 3 is 2.41 bits per heavy atom. The maximum absolute atomic E-state index is 12.2. The Bertz CT molecular complexity index is 830. The number of nitrogens with two attached hydrogens (primary N) is 1. The number of benzene rings is 2. The molecule has 1 heterocycles. The third kappa shape index (κ3) is 6.08. The lowest BCUT2D eigenvalue weighted by atomic mass is 10.1. The Labute approximate surface area is 160 Å². The van der Waals surface area contributed by atoms with Crippen molar-refractivity contribution in [3.05, 3.63) is 90.0 Å². The van der Waals surface area contributed by atoms with Gasteiger partial charge in [-0.05, 0) is 24.0 Å². The van der Waals surface area contributed by atoms with Crippen molar-refractivity contribution in [1.82, 2.24) is 14.9 Å². The highest BCUT2D eigenvalue weighted by Gasteiger charge is 2.15. The summed E-state index contributed by atoms with van der Waals surface area (Å²) >= 11 is 0. The standard InChI is InChI=1S/C22H26N4O/c23-21(22(27)24-13-7-12-18-8-3-1-4-9-18)14-20-16-26(17-25-20)15-19-10-5-2-6-11-19/h1-6,8-11,16-17,21H,7,12-15,23H2,(H,24,27)/t21-/m0/s1. The lowest BCUT2D eigenvalue weighted by Gasteiger charge is -2.11. The molecule has 3 N–H and O–H groups in total. The molecule has 0 spiro atoms. The molecule has 5 nitrogen and oxygen atoms in total. The fourth-order valence-corrected chi connectivity index (χ4v) is 2.99. The van der Waals surface area contributed by atoms with Gasteiger partial charge in [0.05, 0.1) is 18.1 Å². The van der Waals surface area contributed by atoms with Crippen molar-refractivity contribution in [3.8, 4) is 0 Å². The van der Waals surface area contributed by atoms with Gasteiger partial charge in [-0.25, -0.2) is 4.98 Å². The van der Waals surface area contributed by atoms with Crippen LogP contribution < -0.4 is 11.1 Å². The molecule has 2 aromatic carbocycles. The van der Waals surface area contributed by atoms with E-state index in [4.69, 9.17) is 5.73 Å². The van der Waals surface area contributed by atoms with Crippen LogP contribution in [0.2, 0.25) is 0 Å². The highest BCUT2D eigenvalue weighted by atomic mass is 16.2. The summed E-state index contributed by atoms with van der Waals surface area (Å²) in [7, 11) is 0. The quantitative estimate of drug-likeness (QED) is 0.575. The minimum Gasteiger partial charge on any atom is -0.355 e. The van der Waals surface area contributed by atoms with Crippen LogP contribution in [0.15, 0.2) is 73.2 Å². The number of imidazole rings is 1. The van der Waals surface area contributed by atoms with Crippen LogP contribution in [0.3, 0.4) is 0 Å². The van der Waals surface area contributed by atoms with E-state index in [0.717, 1.165) is 25.1 Å². The molecule has 0 aliphatic carbocycles. The molecule has 0 radical (unpaired) electrons. The molecule has 1 aromatic heterocycles. The van der Waals surface area contributed by atoms with Crippen LogP contribution in [0.4, 0.5) is 0 Å². The molecule has 3 rings (SSSR count). The zero-order valence-corrected chi connectivity index (χ0v) is 15.4. The molecule has 1 atom stereocenters. The van der Waals surface area contributed by atoms with Gasteiger partial charge in [-0.1, -0.05) is 60.7 Å². The predicted octanol–water partition coefficient (Wildman–Crippen LogP) is 2.55. The molecule has 3 aromatic rings. The van der Waals surface area contributed by atoms with Gasteiger partial charge in [0, 0.05) is 25.7 Å². The van der Waals surface area contributed by atoms with Crippen molar-refractivity contribution in [3.63, 3.8) is 0 Å². The van der Waals surface area contributed by atoms with Gasteiger partial charge in [-0.2, -0.15) is 0 Å². The van der Waals surface area contributed by atoms with Crippen LogP contribution in [0.5, 0.6) is 0 Å². The molecule has 5 heteroatoms. The van der Waals surface area contributed by atoms with Crippen molar-refractivity contribution in [1.29, 1.82) is 0 Å². The van der Waals surface area contributed by atoms with Crippen molar-refractivity contribution in [2.24, 2.45) is 5.73 Å². The van der Waals surface area contributed by atoms with Gasteiger partial charge >= 0.3 is 0 Å². The maximum Gasteiger partial charge on any atom is 0.237 e. The summed E-state index contributed by atoms with van der Waals surface area (Å²) < 4.78 is 2.01. The SMILES string of the molecule is N[C@@H](Cc1cn(Cc2ccccc2)cn1)C(=O)NCCCc1ccccc1. The Kier molecular flexibility index (Phi) is 6.77. The summed E-state index contributed by atoms with van der Waals surface area (Å²) in [6.45, 7) is 1.39. The number of aryl methyl sites for hydroxylation is 1. The van der Waals surface area contributed by atoms with Gasteiger partial charge in [0.2, 0.25) is 5.91 Å². The third-order valence-corrected chi connectivity index (χ3v) is 4.44. The average Bonchev–Trinajstić information content (AvgIpc) is 3.13. The van der Waals surface area contributed by atoms with E-state index >= 15 is 0 Å². The molecular formula is C22H26N4O. The van der Waals surface area contributed by atoms with E-state index < -0.39 is 6.04 Å². The number of aromatic nitrogens is 2. The van der Waals surface area contributed by atoms with Gasteiger partial charge in [-0.3, -0.25) is 4.79 Å². The fourth-order valence-electron chi connectivity index (χ4n) is 2.99. The van der Waals surface area contributed by atoms with E-state index in [0.29, 0.717) is 13.0 Å². The summed E-state index contributed by atoms with van der Waals surface area (Å²) in [6, 6.07) is 19.9. The van der Waals surface area contributed by atoms with Gasteiger partial charge in [0.25, 0.3) is 0 Å². The second kappa shape index (κ2) is 9.69. The molecule has 0 saturated carbocycles. The number of hydrogen-bond acceptors (Lipinski definition) is 3. The molecule has 0 aliphatic rings. The topological polar surface area (TPSA) is 72.9 Å². The van der Waals surface area contributed by atoms with E-state index in [9.17, 15) is 4.79 Å². The fraction of sp³-hybridized carbons (Fsp3) is 0.273. The summed E-state index contributed by atoms with van der Waals surface area (Å²) in [6.07, 6.45) is 6.02. The summed E-state index contributed by atoms with van der Waals surface area (Å²) in [5.41, 5.74) is 9.36. The number of hydrogen-bond donors (Lipinski definition) is 2. The maximum atomic E-state index is 12.2. The largest absolute Gasteiger partial charge is 0.355 e. The lowest BCUT2D eigenvalue weighted by Crippen LogP contribution is -2.42. The number of carbonyl (C=O) groups is 1. The number of nitrogens with one attached hydrogen (secondary N) is 1. The Hall–Kier alpha value is -2.92. The Morgan fingerprint density at radius 2 is 1.70 bits per heavy atom. The Morgan fingerprint density at radius 1 is 1.04 bits per heavy atom. The zero-order valence-electron chi connectivity index (χ0n) is 15.4. The average molecular weight is 362 g/mol. The van der Waals surface area contributed by atoms with Crippen molar-refractivity contribution >= 4 is 5.91 Å². The first-order chi connectivity index (χ1) is 13.2. The van der Waals surface area contributed by atoms with Crippen LogP contribution in [0, 0.1) is 0 Å². The summed E-state index contributed by atoms with van der Waals surface area (Å²) in [5.74, 6) is -0.124. The third-order valence-electron chi connectivity index (χ3n) is 4.44. The first kappa shape index (κ1) is 18.9. The molecule has 140 valence electrons. The normalized spacial score (nSPS) is 11.9. The van der Waals surface area contributed by atoms with E-state index in [1.54, 1.807) is 6.33 Å². The first-order valence-corrected chi connectivity index (χ1v) is 9.32. The van der Waals surface area contributed by atoms with Crippen molar-refractivity contribution in [2.75, 3.05) is 6.54 Å². The molecule has 0 fully saturated rings. The van der Waals surface area contributed by atoms with Crippen molar-refractivity contribution in [2.45, 2.75) is 31.8 Å². The van der Waals surface area contributed by atoms with E-state index in [1.165, 1.54) is 11.1 Å². The van der Waals surface area contributed by atoms with Crippen LogP contribution in [-0.4, -0.2) is 28.0 Å². The van der Waals surface area contributed by atoms with Crippen molar-refractivity contribution < 1.29 is 4.79 Å². The van der Waals surface area contributed by atoms with Gasteiger partial charge < -0.3 is 15.6 Å². The highest BCUT2D eigenvalue weighted by Crippen LogP contribution is 2.06. The highest BCUT2D eigenvalue weighted by molar-refractivity contribution is 5.81. The van der Waals surface area contributed by atoms with E-state index in [1.807, 2.05) is 47.2 Å². The number of nitrogens with zero attached hydrogens (tertiary/aromatic N) is 2. The molecule has 0 saturated heterocycles. The number of amides is 1. The van der Waals surface area contributed by atoms with E-state index in [2.05, 4.69) is 34.6 Å². The van der Waals surface area contributed by atoms with Gasteiger partial charge in [0.15, 0.2) is 0 Å². The molecule has 0 aliphatic heterocycles. The first-order valence-electron chi connectivity index (χ1n) is 9.32. The van der Waals surface area contributed by atoms with Gasteiger partial charge in [0.1, 0.15) is 0 Å². The molecule has 27 heavy (non-hydrogen) atoms. The molecule has 1 amide bonds. The van der Waals surface area contributed by atoms with Crippen LogP contribution in [0.25, 0.3) is 0 Å². The second-order valence-corrected chi connectivity index (χ2v) is 6.71. The summed E-state index contributed by atoms with van der Waals surface area (Å²) in [5, 5.41) is 2.92. The minimum atomic E-state index is -0.582. The zero-order chi connectivity index (χ0) is 18.9. The lowest BCUT2D eigenvalue weighted by molar-refractivity contribution is -0.122. The summed E-state index contributed by atoms with van der Waals surface area (Å²) in [4.78, 5) is 16.6. The van der Waals surface area contributed by atoms with Crippen LogP contribution in [0.1, 0.15) is 23.2 Å². The monoisotopic (exact) mass is 362 g/mol. The Balaban J connectivity index is 1.40. The van der Waals surface area contributed by atoms with E-state index in [-0.39, 0.29) is 5.91 Å². The number of rotatable bonds is 9. The predicted molar refractivity (Wildman–Crippen MR) is 107 cm³/mol. The second-order valence-electron chi connectivity index (χ2n) is 6.71.